The average molecular weight is 253 g/mol. The van der Waals surface area contributed by atoms with E-state index in [2.05, 4.69) is 15.4 Å². The highest BCUT2D eigenvalue weighted by Gasteiger charge is 2.16. The van der Waals surface area contributed by atoms with E-state index >= 15 is 0 Å². The highest BCUT2D eigenvalue weighted by molar-refractivity contribution is 5.20. The molecule has 1 aliphatic rings. The van der Waals surface area contributed by atoms with Gasteiger partial charge in [-0.05, 0) is 39.8 Å². The molecule has 18 heavy (non-hydrogen) atoms. The lowest BCUT2D eigenvalue weighted by Crippen LogP contribution is -2.36. The molecule has 1 aromatic heterocycles. The predicted octanol–water partition coefficient (Wildman–Crippen LogP) is 0.838. The van der Waals surface area contributed by atoms with Gasteiger partial charge in [0.15, 0.2) is 0 Å². The average Bonchev–Trinajstić information content (AvgIpc) is 2.93. The Bertz CT molecular complexity index is 353. The number of aryl methyl sites for hydroxylation is 2. The third-order valence-corrected chi connectivity index (χ3v) is 3.53. The Morgan fingerprint density at radius 1 is 1.39 bits per heavy atom. The van der Waals surface area contributed by atoms with E-state index in [1.165, 1.54) is 12.8 Å². The molecule has 1 unspecified atom stereocenters. The van der Waals surface area contributed by atoms with Crippen LogP contribution in [-0.2, 0) is 6.54 Å². The van der Waals surface area contributed by atoms with Gasteiger partial charge in [0.25, 0.3) is 0 Å². The van der Waals surface area contributed by atoms with Gasteiger partial charge in [0, 0.05) is 25.2 Å². The van der Waals surface area contributed by atoms with E-state index < -0.39 is 0 Å². The Hall–Kier alpha value is -0.910. The third kappa shape index (κ3) is 3.54. The summed E-state index contributed by atoms with van der Waals surface area (Å²) in [5.74, 6) is 0.856. The minimum absolute atomic E-state index is 0.302. The SMILES string of the molecule is Cc1noc(C)c1CNCC(O)CN1CCCC1. The second kappa shape index (κ2) is 6.31. The largest absolute Gasteiger partial charge is 0.390 e. The highest BCUT2D eigenvalue weighted by atomic mass is 16.5. The Balaban J connectivity index is 1.68. The smallest absolute Gasteiger partial charge is 0.138 e. The van der Waals surface area contributed by atoms with Crippen LogP contribution in [0.4, 0.5) is 0 Å². The maximum Gasteiger partial charge on any atom is 0.138 e. The molecule has 0 bridgehead atoms. The van der Waals surface area contributed by atoms with Gasteiger partial charge >= 0.3 is 0 Å². The quantitative estimate of drug-likeness (QED) is 0.786. The molecule has 0 spiro atoms. The fourth-order valence-electron chi connectivity index (χ4n) is 2.45. The number of nitrogens with zero attached hydrogens (tertiary/aromatic N) is 2. The summed E-state index contributed by atoms with van der Waals surface area (Å²) in [6, 6.07) is 0. The molecule has 2 heterocycles. The van der Waals surface area contributed by atoms with Crippen LogP contribution in [0.2, 0.25) is 0 Å². The van der Waals surface area contributed by atoms with Crippen molar-refractivity contribution in [3.8, 4) is 0 Å². The minimum atomic E-state index is -0.302. The van der Waals surface area contributed by atoms with Crippen molar-refractivity contribution in [2.45, 2.75) is 39.3 Å². The van der Waals surface area contributed by atoms with Gasteiger partial charge in [-0.1, -0.05) is 5.16 Å². The van der Waals surface area contributed by atoms with Gasteiger partial charge in [0.2, 0.25) is 0 Å². The molecule has 0 saturated carbocycles. The number of nitrogens with one attached hydrogen (secondary N) is 1. The topological polar surface area (TPSA) is 61.5 Å². The number of aliphatic hydroxyl groups is 1. The van der Waals surface area contributed by atoms with Crippen LogP contribution in [0.15, 0.2) is 4.52 Å². The molecule has 1 atom stereocenters. The number of aliphatic hydroxyl groups excluding tert-OH is 1. The first kappa shape index (κ1) is 13.5. The molecule has 5 heteroatoms. The van der Waals surface area contributed by atoms with Crippen molar-refractivity contribution < 1.29 is 9.63 Å². The Labute approximate surface area is 108 Å². The molecule has 0 amide bonds. The molecule has 0 aliphatic carbocycles. The molecule has 1 aromatic rings. The Morgan fingerprint density at radius 3 is 2.72 bits per heavy atom. The zero-order valence-electron chi connectivity index (χ0n) is 11.3. The van der Waals surface area contributed by atoms with Crippen molar-refractivity contribution in [2.24, 2.45) is 0 Å². The number of hydrogen-bond donors (Lipinski definition) is 2. The van der Waals surface area contributed by atoms with Crippen LogP contribution in [0, 0.1) is 13.8 Å². The van der Waals surface area contributed by atoms with Crippen LogP contribution >= 0.6 is 0 Å². The number of aromatic nitrogens is 1. The molecule has 102 valence electrons. The fourth-order valence-corrected chi connectivity index (χ4v) is 2.45. The van der Waals surface area contributed by atoms with Crippen LogP contribution < -0.4 is 5.32 Å². The van der Waals surface area contributed by atoms with E-state index in [9.17, 15) is 5.11 Å². The molecular weight excluding hydrogens is 230 g/mol. The molecular formula is C13H23N3O2. The standard InChI is InChI=1S/C13H23N3O2/c1-10-13(11(2)18-15-10)8-14-7-12(17)9-16-5-3-4-6-16/h12,14,17H,3-9H2,1-2H3. The maximum absolute atomic E-state index is 9.93. The maximum atomic E-state index is 9.93. The summed E-state index contributed by atoms with van der Waals surface area (Å²) >= 11 is 0. The molecule has 0 radical (unpaired) electrons. The lowest BCUT2D eigenvalue weighted by atomic mass is 10.2. The van der Waals surface area contributed by atoms with Gasteiger partial charge in [0.05, 0.1) is 11.8 Å². The van der Waals surface area contributed by atoms with Crippen LogP contribution in [0.25, 0.3) is 0 Å². The summed E-state index contributed by atoms with van der Waals surface area (Å²) in [6.07, 6.45) is 2.22. The molecule has 1 saturated heterocycles. The van der Waals surface area contributed by atoms with Gasteiger partial charge in [-0.15, -0.1) is 0 Å². The van der Waals surface area contributed by atoms with Crippen LogP contribution in [0.1, 0.15) is 29.9 Å². The van der Waals surface area contributed by atoms with Gasteiger partial charge in [-0.2, -0.15) is 0 Å². The minimum Gasteiger partial charge on any atom is -0.390 e. The van der Waals surface area contributed by atoms with Crippen molar-refractivity contribution >= 4 is 0 Å². The number of likely N-dealkylation sites (tertiary alicyclic amines) is 1. The van der Waals surface area contributed by atoms with E-state index in [1.54, 1.807) is 0 Å². The van der Waals surface area contributed by atoms with Crippen LogP contribution in [0.3, 0.4) is 0 Å². The van der Waals surface area contributed by atoms with Gasteiger partial charge in [0.1, 0.15) is 5.76 Å². The van der Waals surface area contributed by atoms with E-state index in [0.29, 0.717) is 13.1 Å². The fraction of sp³-hybridized carbons (Fsp3) is 0.769. The summed E-state index contributed by atoms with van der Waals surface area (Å²) in [5, 5.41) is 17.1. The molecule has 2 rings (SSSR count). The Morgan fingerprint density at radius 2 is 2.11 bits per heavy atom. The summed E-state index contributed by atoms with van der Waals surface area (Å²) in [5.41, 5.74) is 2.03. The first-order valence-electron chi connectivity index (χ1n) is 6.69. The number of hydrogen-bond acceptors (Lipinski definition) is 5. The van der Waals surface area contributed by atoms with E-state index in [4.69, 9.17) is 4.52 Å². The van der Waals surface area contributed by atoms with Crippen LogP contribution in [0.5, 0.6) is 0 Å². The summed E-state index contributed by atoms with van der Waals surface area (Å²) in [7, 11) is 0. The van der Waals surface area contributed by atoms with Gasteiger partial charge < -0.3 is 19.8 Å². The molecule has 5 nitrogen and oxygen atoms in total. The number of rotatable bonds is 6. The summed E-state index contributed by atoms with van der Waals surface area (Å²) in [6.45, 7) is 8.20. The highest BCUT2D eigenvalue weighted by Crippen LogP contribution is 2.11. The van der Waals surface area contributed by atoms with Crippen molar-refractivity contribution in [3.63, 3.8) is 0 Å². The number of β-amino-alcohol motifs (C(OH)–C–C–N with tert-alkyl or cyclic N) is 1. The second-order valence-electron chi connectivity index (χ2n) is 5.10. The lowest BCUT2D eigenvalue weighted by Gasteiger charge is -2.19. The Kier molecular flexibility index (Phi) is 4.74. The summed E-state index contributed by atoms with van der Waals surface area (Å²) in [4.78, 5) is 2.32. The van der Waals surface area contributed by atoms with Crippen molar-refractivity contribution in [1.82, 2.24) is 15.4 Å². The van der Waals surface area contributed by atoms with E-state index in [-0.39, 0.29) is 6.10 Å². The third-order valence-electron chi connectivity index (χ3n) is 3.53. The predicted molar refractivity (Wildman–Crippen MR) is 69.4 cm³/mol. The second-order valence-corrected chi connectivity index (χ2v) is 5.10. The van der Waals surface area contributed by atoms with Gasteiger partial charge in [-0.3, -0.25) is 0 Å². The molecule has 2 N–H and O–H groups in total. The van der Waals surface area contributed by atoms with Gasteiger partial charge in [-0.25, -0.2) is 0 Å². The van der Waals surface area contributed by atoms with Crippen molar-refractivity contribution in [3.05, 3.63) is 17.0 Å². The molecule has 1 fully saturated rings. The molecule has 0 aromatic carbocycles. The zero-order chi connectivity index (χ0) is 13.0. The van der Waals surface area contributed by atoms with E-state index in [0.717, 1.165) is 36.7 Å². The zero-order valence-corrected chi connectivity index (χ0v) is 11.3. The normalized spacial score (nSPS) is 18.4. The molecule has 1 aliphatic heterocycles. The first-order valence-corrected chi connectivity index (χ1v) is 6.69. The first-order chi connectivity index (χ1) is 8.66. The van der Waals surface area contributed by atoms with Crippen molar-refractivity contribution in [2.75, 3.05) is 26.2 Å². The monoisotopic (exact) mass is 253 g/mol. The van der Waals surface area contributed by atoms with Crippen LogP contribution in [-0.4, -0.2) is 47.4 Å². The van der Waals surface area contributed by atoms with E-state index in [1.807, 2.05) is 13.8 Å². The van der Waals surface area contributed by atoms with Crippen molar-refractivity contribution in [1.29, 1.82) is 0 Å². The summed E-state index contributed by atoms with van der Waals surface area (Å²) < 4.78 is 5.10. The lowest BCUT2D eigenvalue weighted by molar-refractivity contribution is 0.123.